The molecule has 1 aromatic rings. The molecule has 1 heterocycles. The van der Waals surface area contributed by atoms with Gasteiger partial charge in [-0.25, -0.2) is 4.79 Å². The lowest BCUT2D eigenvalue weighted by Gasteiger charge is -2.34. The Balaban J connectivity index is 2.28. The van der Waals surface area contributed by atoms with Gasteiger partial charge in [-0.1, -0.05) is 12.1 Å². The highest BCUT2D eigenvalue weighted by atomic mass is 16.4. The Bertz CT molecular complexity index is 392. The normalized spacial score (nSPS) is 20.8. The van der Waals surface area contributed by atoms with E-state index in [-0.39, 0.29) is 0 Å². The molecule has 1 aromatic carbocycles. The van der Waals surface area contributed by atoms with Crippen LogP contribution in [-0.4, -0.2) is 36.8 Å². The second kappa shape index (κ2) is 4.53. The Morgan fingerprint density at radius 1 is 1.50 bits per heavy atom. The molecule has 0 bridgehead atoms. The summed E-state index contributed by atoms with van der Waals surface area (Å²) in [5.74, 6) is -0.859. The molecule has 2 N–H and O–H groups in total. The van der Waals surface area contributed by atoms with E-state index in [4.69, 9.17) is 5.11 Å². The molecule has 16 heavy (non-hydrogen) atoms. The largest absolute Gasteiger partial charge is 0.478 e. The van der Waals surface area contributed by atoms with Crippen molar-refractivity contribution < 1.29 is 9.90 Å². The molecule has 0 amide bonds. The van der Waals surface area contributed by atoms with E-state index in [0.29, 0.717) is 11.6 Å². The summed E-state index contributed by atoms with van der Waals surface area (Å²) in [6, 6.07) is 7.58. The number of hydrogen-bond donors (Lipinski definition) is 2. The van der Waals surface area contributed by atoms with Gasteiger partial charge in [0.1, 0.15) is 0 Å². The number of carbonyl (C=O) groups is 1. The van der Waals surface area contributed by atoms with Crippen molar-refractivity contribution in [1.29, 1.82) is 0 Å². The predicted octanol–water partition coefficient (Wildman–Crippen LogP) is 1.18. The fourth-order valence-corrected chi connectivity index (χ4v) is 2.08. The first kappa shape index (κ1) is 11.0. The quantitative estimate of drug-likeness (QED) is 0.786. The second-order valence-corrected chi connectivity index (χ2v) is 4.12. The molecule has 0 saturated carbocycles. The fraction of sp³-hybridized carbons (Fsp3) is 0.417. The Morgan fingerprint density at radius 3 is 2.94 bits per heavy atom. The van der Waals surface area contributed by atoms with Gasteiger partial charge in [-0.3, -0.25) is 0 Å². The number of para-hydroxylation sites is 1. The number of nitrogens with one attached hydrogen (secondary N) is 1. The van der Waals surface area contributed by atoms with Gasteiger partial charge in [-0.15, -0.1) is 0 Å². The standard InChI is InChI=1S/C12H16N2O2/c1-9-8-14(7-6-13-9)11-5-3-2-4-10(11)12(15)16/h2-5,9,13H,6-8H2,1H3,(H,15,16)/t9-/m1/s1. The van der Waals surface area contributed by atoms with Crippen LogP contribution in [-0.2, 0) is 0 Å². The highest BCUT2D eigenvalue weighted by Crippen LogP contribution is 2.21. The summed E-state index contributed by atoms with van der Waals surface area (Å²) in [4.78, 5) is 13.2. The zero-order chi connectivity index (χ0) is 11.5. The van der Waals surface area contributed by atoms with Gasteiger partial charge in [0.25, 0.3) is 0 Å². The van der Waals surface area contributed by atoms with Crippen LogP contribution in [0.1, 0.15) is 17.3 Å². The van der Waals surface area contributed by atoms with E-state index in [1.807, 2.05) is 12.1 Å². The average Bonchev–Trinajstić information content (AvgIpc) is 2.29. The maximum Gasteiger partial charge on any atom is 0.337 e. The second-order valence-electron chi connectivity index (χ2n) is 4.12. The molecule has 4 heteroatoms. The van der Waals surface area contributed by atoms with Crippen molar-refractivity contribution in [2.24, 2.45) is 0 Å². The minimum absolute atomic E-state index is 0.386. The zero-order valence-corrected chi connectivity index (χ0v) is 9.31. The van der Waals surface area contributed by atoms with E-state index in [2.05, 4.69) is 17.1 Å². The molecule has 1 aliphatic heterocycles. The van der Waals surface area contributed by atoms with E-state index in [9.17, 15) is 4.79 Å². The van der Waals surface area contributed by atoms with Crippen LogP contribution in [0.3, 0.4) is 0 Å². The molecule has 1 atom stereocenters. The van der Waals surface area contributed by atoms with Crippen molar-refractivity contribution in [3.8, 4) is 0 Å². The Kier molecular flexibility index (Phi) is 3.10. The summed E-state index contributed by atoms with van der Waals surface area (Å²) < 4.78 is 0. The number of hydrogen-bond acceptors (Lipinski definition) is 3. The van der Waals surface area contributed by atoms with Gasteiger partial charge in [0, 0.05) is 25.7 Å². The summed E-state index contributed by atoms with van der Waals surface area (Å²) in [5.41, 5.74) is 1.21. The van der Waals surface area contributed by atoms with Crippen LogP contribution in [0.2, 0.25) is 0 Å². The van der Waals surface area contributed by atoms with Crippen LogP contribution >= 0.6 is 0 Å². The molecule has 1 saturated heterocycles. The lowest BCUT2D eigenvalue weighted by molar-refractivity contribution is 0.0697. The molecule has 0 aromatic heterocycles. The maximum absolute atomic E-state index is 11.1. The highest BCUT2D eigenvalue weighted by molar-refractivity contribution is 5.94. The number of anilines is 1. The van der Waals surface area contributed by atoms with Crippen molar-refractivity contribution in [2.45, 2.75) is 13.0 Å². The van der Waals surface area contributed by atoms with Crippen molar-refractivity contribution >= 4 is 11.7 Å². The highest BCUT2D eigenvalue weighted by Gasteiger charge is 2.20. The van der Waals surface area contributed by atoms with Gasteiger partial charge in [0.05, 0.1) is 11.3 Å². The lowest BCUT2D eigenvalue weighted by atomic mass is 10.1. The van der Waals surface area contributed by atoms with Gasteiger partial charge in [0.15, 0.2) is 0 Å². The molecule has 2 rings (SSSR count). The smallest absolute Gasteiger partial charge is 0.337 e. The van der Waals surface area contributed by atoms with Crippen LogP contribution in [0.25, 0.3) is 0 Å². The first-order valence-electron chi connectivity index (χ1n) is 5.49. The van der Waals surface area contributed by atoms with Crippen molar-refractivity contribution in [3.05, 3.63) is 29.8 Å². The Labute approximate surface area is 94.9 Å². The average molecular weight is 220 g/mol. The van der Waals surface area contributed by atoms with Crippen LogP contribution in [0.4, 0.5) is 5.69 Å². The molecule has 0 unspecified atom stereocenters. The van der Waals surface area contributed by atoms with Crippen LogP contribution in [0.5, 0.6) is 0 Å². The molecule has 1 fully saturated rings. The number of piperazine rings is 1. The summed E-state index contributed by atoms with van der Waals surface area (Å²) >= 11 is 0. The molecular formula is C12H16N2O2. The molecular weight excluding hydrogens is 204 g/mol. The third-order valence-corrected chi connectivity index (χ3v) is 2.84. The number of nitrogens with zero attached hydrogens (tertiary/aromatic N) is 1. The number of carboxylic acids is 1. The SMILES string of the molecule is C[C@@H]1CN(c2ccccc2C(=O)O)CCN1. The molecule has 0 radical (unpaired) electrons. The first-order valence-corrected chi connectivity index (χ1v) is 5.49. The first-order chi connectivity index (χ1) is 7.68. The van der Waals surface area contributed by atoms with E-state index >= 15 is 0 Å². The number of carboxylic acid groups (broad SMARTS) is 1. The Hall–Kier alpha value is -1.55. The topological polar surface area (TPSA) is 52.6 Å². The summed E-state index contributed by atoms with van der Waals surface area (Å²) in [6.07, 6.45) is 0. The summed E-state index contributed by atoms with van der Waals surface area (Å²) in [7, 11) is 0. The molecule has 4 nitrogen and oxygen atoms in total. The number of aromatic carboxylic acids is 1. The maximum atomic E-state index is 11.1. The van der Waals surface area contributed by atoms with Gasteiger partial charge in [-0.2, -0.15) is 0 Å². The minimum atomic E-state index is -0.859. The third kappa shape index (κ3) is 2.17. The molecule has 1 aliphatic rings. The summed E-state index contributed by atoms with van der Waals surface area (Å²) in [6.45, 7) is 4.71. The number of rotatable bonds is 2. The monoisotopic (exact) mass is 220 g/mol. The van der Waals surface area contributed by atoms with Crippen LogP contribution in [0.15, 0.2) is 24.3 Å². The van der Waals surface area contributed by atoms with E-state index < -0.39 is 5.97 Å². The fourth-order valence-electron chi connectivity index (χ4n) is 2.08. The van der Waals surface area contributed by atoms with Crippen molar-refractivity contribution in [1.82, 2.24) is 5.32 Å². The molecule has 86 valence electrons. The molecule has 0 aliphatic carbocycles. The predicted molar refractivity (Wildman–Crippen MR) is 63.1 cm³/mol. The van der Waals surface area contributed by atoms with Gasteiger partial charge >= 0.3 is 5.97 Å². The summed E-state index contributed by atoms with van der Waals surface area (Å²) in [5, 5.41) is 12.5. The lowest BCUT2D eigenvalue weighted by Crippen LogP contribution is -2.49. The minimum Gasteiger partial charge on any atom is -0.478 e. The third-order valence-electron chi connectivity index (χ3n) is 2.84. The van der Waals surface area contributed by atoms with Gasteiger partial charge in [0.2, 0.25) is 0 Å². The Morgan fingerprint density at radius 2 is 2.25 bits per heavy atom. The molecule has 0 spiro atoms. The number of benzene rings is 1. The van der Waals surface area contributed by atoms with Gasteiger partial charge in [-0.05, 0) is 19.1 Å². The van der Waals surface area contributed by atoms with Crippen LogP contribution in [0, 0.1) is 0 Å². The zero-order valence-electron chi connectivity index (χ0n) is 9.31. The van der Waals surface area contributed by atoms with E-state index in [1.165, 1.54) is 0 Å². The van der Waals surface area contributed by atoms with Crippen molar-refractivity contribution in [3.63, 3.8) is 0 Å². The van der Waals surface area contributed by atoms with E-state index in [0.717, 1.165) is 25.3 Å². The van der Waals surface area contributed by atoms with Gasteiger partial charge < -0.3 is 15.3 Å². The van der Waals surface area contributed by atoms with E-state index in [1.54, 1.807) is 12.1 Å². The van der Waals surface area contributed by atoms with Crippen molar-refractivity contribution in [2.75, 3.05) is 24.5 Å². The van der Waals surface area contributed by atoms with Crippen LogP contribution < -0.4 is 10.2 Å².